The van der Waals surface area contributed by atoms with Gasteiger partial charge in [-0.2, -0.15) is 0 Å². The van der Waals surface area contributed by atoms with Crippen LogP contribution in [0.1, 0.15) is 9.67 Å². The molecule has 0 aliphatic carbocycles. The number of anilines is 2. The van der Waals surface area contributed by atoms with E-state index >= 15 is 0 Å². The Morgan fingerprint density at radius 2 is 2.09 bits per heavy atom. The molecule has 0 saturated heterocycles. The van der Waals surface area contributed by atoms with Gasteiger partial charge in [-0.25, -0.2) is 9.97 Å². The van der Waals surface area contributed by atoms with Gasteiger partial charge in [0, 0.05) is 18.8 Å². The number of fused-ring (bicyclic) bond motifs is 1. The number of amides is 1. The summed E-state index contributed by atoms with van der Waals surface area (Å²) in [5, 5.41) is 3.14. The van der Waals surface area contributed by atoms with E-state index in [1.165, 1.54) is 11.3 Å². The van der Waals surface area contributed by atoms with Crippen LogP contribution < -0.4 is 21.5 Å². The van der Waals surface area contributed by atoms with E-state index in [1.54, 1.807) is 32.6 Å². The number of nitrogens with two attached hydrogens (primary N) is 2. The van der Waals surface area contributed by atoms with Gasteiger partial charge in [0.2, 0.25) is 5.95 Å². The van der Waals surface area contributed by atoms with Crippen molar-refractivity contribution in [1.82, 2.24) is 20.3 Å². The summed E-state index contributed by atoms with van der Waals surface area (Å²) < 4.78 is 5.18. The number of methoxy groups -OCH3 is 1. The van der Waals surface area contributed by atoms with Gasteiger partial charge in [0.05, 0.1) is 30.1 Å². The first kappa shape index (κ1) is 15.0. The fourth-order valence-electron chi connectivity index (χ4n) is 2.19. The molecule has 23 heavy (non-hydrogen) atoms. The van der Waals surface area contributed by atoms with Crippen molar-refractivity contribution < 1.29 is 9.53 Å². The summed E-state index contributed by atoms with van der Waals surface area (Å²) in [6.45, 7) is 0. The van der Waals surface area contributed by atoms with Crippen molar-refractivity contribution in [3.05, 3.63) is 23.3 Å². The van der Waals surface area contributed by atoms with E-state index in [4.69, 9.17) is 16.2 Å². The minimum absolute atomic E-state index is 0.0972. The molecule has 0 saturated carbocycles. The minimum atomic E-state index is -0.279. The largest absolute Gasteiger partial charge is 0.495 e. The number of carbonyl (C=O) groups excluding carboxylic acids is 1. The van der Waals surface area contributed by atoms with Crippen LogP contribution >= 0.6 is 11.3 Å². The zero-order chi connectivity index (χ0) is 16.6. The number of thiophene rings is 1. The maximum Gasteiger partial charge on any atom is 0.263 e. The van der Waals surface area contributed by atoms with Gasteiger partial charge in [0.25, 0.3) is 5.91 Å². The van der Waals surface area contributed by atoms with E-state index < -0.39 is 0 Å². The summed E-state index contributed by atoms with van der Waals surface area (Å²) in [4.78, 5) is 25.4. The standard InChI is InChI=1S/C14H14N6O2S/c1-17-12(21)11-9(15)8-10(19-14(16)20-13(8)23-11)6-3-7(22-2)5-18-4-6/h3-5H,15H2,1-2H3,(H,17,21)(H2,16,19,20). The number of nitrogens with zero attached hydrogens (tertiary/aromatic N) is 3. The lowest BCUT2D eigenvalue weighted by Crippen LogP contribution is -2.17. The van der Waals surface area contributed by atoms with Crippen molar-refractivity contribution >= 4 is 39.1 Å². The molecular formula is C14H14N6O2S. The third-order valence-electron chi connectivity index (χ3n) is 3.26. The zero-order valence-electron chi connectivity index (χ0n) is 12.5. The Hall–Kier alpha value is -2.94. The van der Waals surface area contributed by atoms with Gasteiger partial charge < -0.3 is 21.5 Å². The first-order valence-corrected chi connectivity index (χ1v) is 7.43. The second kappa shape index (κ2) is 5.69. The van der Waals surface area contributed by atoms with Crippen LogP contribution in [-0.2, 0) is 0 Å². The SMILES string of the molecule is CNC(=O)c1sc2nc(N)nc(-c3cncc(OC)c3)c2c1N. The van der Waals surface area contributed by atoms with Crippen LogP contribution in [0.3, 0.4) is 0 Å². The van der Waals surface area contributed by atoms with Crippen molar-refractivity contribution in [3.63, 3.8) is 0 Å². The monoisotopic (exact) mass is 330 g/mol. The predicted molar refractivity (Wildman–Crippen MR) is 89.4 cm³/mol. The molecule has 0 aromatic carbocycles. The highest BCUT2D eigenvalue weighted by Gasteiger charge is 2.21. The summed E-state index contributed by atoms with van der Waals surface area (Å²) in [7, 11) is 3.09. The summed E-state index contributed by atoms with van der Waals surface area (Å²) in [6.07, 6.45) is 3.21. The number of nitrogens with one attached hydrogen (secondary N) is 1. The molecule has 0 unspecified atom stereocenters. The molecular weight excluding hydrogens is 316 g/mol. The average molecular weight is 330 g/mol. The highest BCUT2D eigenvalue weighted by molar-refractivity contribution is 7.21. The van der Waals surface area contributed by atoms with E-state index in [0.29, 0.717) is 37.8 Å². The molecule has 5 N–H and O–H groups in total. The van der Waals surface area contributed by atoms with Crippen LogP contribution in [0.2, 0.25) is 0 Å². The second-order valence-corrected chi connectivity index (χ2v) is 5.65. The number of pyridine rings is 1. The average Bonchev–Trinajstić information content (AvgIpc) is 2.90. The molecule has 0 bridgehead atoms. The molecule has 3 aromatic heterocycles. The van der Waals surface area contributed by atoms with Crippen LogP contribution in [0.5, 0.6) is 5.75 Å². The molecule has 8 nitrogen and oxygen atoms in total. The van der Waals surface area contributed by atoms with Gasteiger partial charge in [-0.05, 0) is 6.07 Å². The lowest BCUT2D eigenvalue weighted by Gasteiger charge is -2.06. The molecule has 1 amide bonds. The Kier molecular flexibility index (Phi) is 3.70. The molecule has 9 heteroatoms. The first-order valence-electron chi connectivity index (χ1n) is 6.62. The van der Waals surface area contributed by atoms with Crippen molar-refractivity contribution in [3.8, 4) is 17.0 Å². The van der Waals surface area contributed by atoms with E-state index in [-0.39, 0.29) is 11.9 Å². The van der Waals surface area contributed by atoms with Crippen LogP contribution in [0.4, 0.5) is 11.6 Å². The molecule has 0 radical (unpaired) electrons. The molecule has 0 fully saturated rings. The normalized spacial score (nSPS) is 10.7. The summed E-state index contributed by atoms with van der Waals surface area (Å²) in [5.74, 6) is 0.395. The lowest BCUT2D eigenvalue weighted by molar-refractivity contribution is 0.0968. The summed E-state index contributed by atoms with van der Waals surface area (Å²) in [6, 6.07) is 1.77. The molecule has 0 aliphatic heterocycles. The van der Waals surface area contributed by atoms with Crippen molar-refractivity contribution in [2.24, 2.45) is 0 Å². The highest BCUT2D eigenvalue weighted by atomic mass is 32.1. The van der Waals surface area contributed by atoms with Crippen molar-refractivity contribution in [1.29, 1.82) is 0 Å². The third kappa shape index (κ3) is 2.50. The maximum absolute atomic E-state index is 11.9. The van der Waals surface area contributed by atoms with Gasteiger partial charge >= 0.3 is 0 Å². The van der Waals surface area contributed by atoms with Gasteiger partial charge in [0.1, 0.15) is 15.5 Å². The Balaban J connectivity index is 2.31. The third-order valence-corrected chi connectivity index (χ3v) is 4.36. The Morgan fingerprint density at radius 1 is 1.30 bits per heavy atom. The van der Waals surface area contributed by atoms with Crippen LogP contribution in [-0.4, -0.2) is 35.0 Å². The van der Waals surface area contributed by atoms with Crippen molar-refractivity contribution in [2.75, 3.05) is 25.6 Å². The van der Waals surface area contributed by atoms with Gasteiger partial charge in [-0.15, -0.1) is 11.3 Å². The molecule has 0 aliphatic rings. The minimum Gasteiger partial charge on any atom is -0.495 e. The summed E-state index contributed by atoms with van der Waals surface area (Å²) >= 11 is 1.17. The molecule has 3 aromatic rings. The number of nitrogen functional groups attached to an aromatic ring is 2. The fraction of sp³-hybridized carbons (Fsp3) is 0.143. The maximum atomic E-state index is 11.9. The van der Waals surface area contributed by atoms with E-state index in [2.05, 4.69) is 20.3 Å². The Morgan fingerprint density at radius 3 is 2.78 bits per heavy atom. The van der Waals surface area contributed by atoms with Crippen LogP contribution in [0.25, 0.3) is 21.5 Å². The van der Waals surface area contributed by atoms with Crippen molar-refractivity contribution in [2.45, 2.75) is 0 Å². The molecule has 3 heterocycles. The molecule has 0 spiro atoms. The number of hydrogen-bond acceptors (Lipinski definition) is 8. The molecule has 0 atom stereocenters. The number of carbonyl (C=O) groups is 1. The Bertz CT molecular complexity index is 908. The van der Waals surface area contributed by atoms with Gasteiger partial charge in [-0.3, -0.25) is 9.78 Å². The van der Waals surface area contributed by atoms with E-state index in [9.17, 15) is 4.79 Å². The smallest absolute Gasteiger partial charge is 0.263 e. The Labute approximate surface area is 135 Å². The van der Waals surface area contributed by atoms with Gasteiger partial charge in [0.15, 0.2) is 0 Å². The van der Waals surface area contributed by atoms with E-state index in [1.807, 2.05) is 0 Å². The van der Waals surface area contributed by atoms with Crippen LogP contribution in [0.15, 0.2) is 18.5 Å². The van der Waals surface area contributed by atoms with E-state index in [0.717, 1.165) is 0 Å². The number of ether oxygens (including phenoxy) is 1. The fourth-order valence-corrected chi connectivity index (χ4v) is 3.24. The number of hydrogen-bond donors (Lipinski definition) is 3. The number of rotatable bonds is 3. The lowest BCUT2D eigenvalue weighted by atomic mass is 10.1. The molecule has 118 valence electrons. The number of aromatic nitrogens is 3. The highest BCUT2D eigenvalue weighted by Crippen LogP contribution is 2.39. The second-order valence-electron chi connectivity index (χ2n) is 4.65. The zero-order valence-corrected chi connectivity index (χ0v) is 13.3. The van der Waals surface area contributed by atoms with Gasteiger partial charge in [-0.1, -0.05) is 0 Å². The summed E-state index contributed by atoms with van der Waals surface area (Å²) in [5.41, 5.74) is 13.5. The topological polar surface area (TPSA) is 129 Å². The molecule has 3 rings (SSSR count). The van der Waals surface area contributed by atoms with Crippen LogP contribution in [0, 0.1) is 0 Å². The quantitative estimate of drug-likeness (QED) is 0.659. The predicted octanol–water partition coefficient (Wildman–Crippen LogP) is 1.29. The first-order chi connectivity index (χ1) is 11.0.